The van der Waals surface area contributed by atoms with Crippen LogP contribution in [0.3, 0.4) is 0 Å². The van der Waals surface area contributed by atoms with Gasteiger partial charge in [-0.25, -0.2) is 0 Å². The molecule has 4 atom stereocenters. The summed E-state index contributed by atoms with van der Waals surface area (Å²) in [6, 6.07) is 7.57. The van der Waals surface area contributed by atoms with Crippen LogP contribution < -0.4 is 4.90 Å². The minimum atomic E-state index is -0.786. The van der Waals surface area contributed by atoms with E-state index < -0.39 is 11.9 Å². The van der Waals surface area contributed by atoms with Gasteiger partial charge in [-0.2, -0.15) is 0 Å². The van der Waals surface area contributed by atoms with Crippen molar-refractivity contribution in [2.24, 2.45) is 29.1 Å². The van der Waals surface area contributed by atoms with Gasteiger partial charge in [-0.3, -0.25) is 9.59 Å². The Morgan fingerprint density at radius 2 is 1.70 bits per heavy atom. The van der Waals surface area contributed by atoms with Gasteiger partial charge in [-0.15, -0.1) is 0 Å². The largest absolute Gasteiger partial charge is 0.481 e. The molecule has 23 heavy (non-hydrogen) atoms. The van der Waals surface area contributed by atoms with Crippen LogP contribution in [0.1, 0.15) is 25.7 Å². The molecule has 0 unspecified atom stereocenters. The summed E-state index contributed by atoms with van der Waals surface area (Å²) in [6.45, 7) is 0. The Morgan fingerprint density at radius 1 is 1.13 bits per heavy atom. The highest BCUT2D eigenvalue weighted by molar-refractivity contribution is 9.10. The van der Waals surface area contributed by atoms with Crippen molar-refractivity contribution in [1.82, 2.24) is 0 Å². The molecule has 0 aromatic heterocycles. The maximum atomic E-state index is 13.1. The van der Waals surface area contributed by atoms with Crippen LogP contribution in [0.25, 0.3) is 0 Å². The molecule has 3 saturated carbocycles. The van der Waals surface area contributed by atoms with Gasteiger partial charge >= 0.3 is 5.97 Å². The normalized spacial score (nSPS) is 33.0. The van der Waals surface area contributed by atoms with Crippen LogP contribution in [0.5, 0.6) is 0 Å². The summed E-state index contributed by atoms with van der Waals surface area (Å²) in [5, 5.41) is 9.73. The molecule has 1 aromatic carbocycles. The molecule has 5 heteroatoms. The van der Waals surface area contributed by atoms with Crippen molar-refractivity contribution in [3.63, 3.8) is 0 Å². The Hall–Kier alpha value is -1.36. The van der Waals surface area contributed by atoms with Crippen molar-refractivity contribution in [1.29, 1.82) is 0 Å². The standard InChI is InChI=1S/C18H20BrNO3/c1-20(11-4-2-10(19)3-5-11)16(21)14-12-6-7-13(15(14)17(22)23)18(12)8-9-18/h2-5,12-15H,6-9H2,1H3,(H,22,23)/t12-,13+,14+,15-/m0/s1. The van der Waals surface area contributed by atoms with Crippen molar-refractivity contribution >= 4 is 33.5 Å². The van der Waals surface area contributed by atoms with Crippen molar-refractivity contribution < 1.29 is 14.7 Å². The number of amides is 1. The van der Waals surface area contributed by atoms with E-state index in [1.165, 1.54) is 0 Å². The molecule has 1 amide bonds. The number of halogens is 1. The first-order chi connectivity index (χ1) is 11.0. The van der Waals surface area contributed by atoms with E-state index in [2.05, 4.69) is 15.9 Å². The number of benzene rings is 1. The summed E-state index contributed by atoms with van der Waals surface area (Å²) < 4.78 is 0.961. The Balaban J connectivity index is 1.64. The molecule has 3 aliphatic carbocycles. The molecular formula is C18H20BrNO3. The first-order valence-corrected chi connectivity index (χ1v) is 9.01. The summed E-state index contributed by atoms with van der Waals surface area (Å²) in [4.78, 5) is 26.6. The number of rotatable bonds is 3. The van der Waals surface area contributed by atoms with E-state index in [0.717, 1.165) is 35.8 Å². The lowest BCUT2D eigenvalue weighted by atomic mass is 9.78. The molecule has 0 saturated heterocycles. The third kappa shape index (κ3) is 2.09. The minimum absolute atomic E-state index is 0.0294. The van der Waals surface area contributed by atoms with Crippen LogP contribution in [0.4, 0.5) is 5.69 Å². The van der Waals surface area contributed by atoms with Crippen LogP contribution in [0.15, 0.2) is 28.7 Å². The molecule has 4 rings (SSSR count). The molecule has 3 fully saturated rings. The molecule has 0 heterocycles. The van der Waals surface area contributed by atoms with E-state index in [1.807, 2.05) is 24.3 Å². The third-order valence-electron chi connectivity index (χ3n) is 6.46. The van der Waals surface area contributed by atoms with Gasteiger partial charge in [0.1, 0.15) is 0 Å². The Bertz CT molecular complexity index is 667. The van der Waals surface area contributed by atoms with Gasteiger partial charge in [-0.1, -0.05) is 15.9 Å². The van der Waals surface area contributed by atoms with Crippen molar-refractivity contribution in [2.45, 2.75) is 25.7 Å². The number of hydrogen-bond acceptors (Lipinski definition) is 2. The fourth-order valence-corrected chi connectivity index (χ4v) is 5.60. The Kier molecular flexibility index (Phi) is 3.34. The minimum Gasteiger partial charge on any atom is -0.481 e. The van der Waals surface area contributed by atoms with Gasteiger partial charge in [0.15, 0.2) is 0 Å². The molecule has 1 aromatic rings. The van der Waals surface area contributed by atoms with E-state index in [9.17, 15) is 14.7 Å². The molecule has 1 spiro atoms. The maximum absolute atomic E-state index is 13.1. The van der Waals surface area contributed by atoms with E-state index >= 15 is 0 Å². The topological polar surface area (TPSA) is 57.6 Å². The monoisotopic (exact) mass is 377 g/mol. The van der Waals surface area contributed by atoms with Crippen LogP contribution in [0.2, 0.25) is 0 Å². The quantitative estimate of drug-likeness (QED) is 0.875. The molecule has 2 bridgehead atoms. The summed E-state index contributed by atoms with van der Waals surface area (Å²) in [7, 11) is 1.76. The zero-order valence-corrected chi connectivity index (χ0v) is 14.6. The Labute approximate surface area is 144 Å². The van der Waals surface area contributed by atoms with Gasteiger partial charge < -0.3 is 10.0 Å². The van der Waals surface area contributed by atoms with Crippen molar-refractivity contribution in [3.05, 3.63) is 28.7 Å². The average Bonchev–Trinajstić information content (AvgIpc) is 3.20. The zero-order chi connectivity index (χ0) is 16.4. The van der Waals surface area contributed by atoms with Gasteiger partial charge in [0, 0.05) is 17.2 Å². The molecule has 0 aliphatic heterocycles. The summed E-state index contributed by atoms with van der Waals surface area (Å²) in [5.41, 5.74) is 0.985. The smallest absolute Gasteiger partial charge is 0.307 e. The van der Waals surface area contributed by atoms with Crippen LogP contribution in [0, 0.1) is 29.1 Å². The van der Waals surface area contributed by atoms with Gasteiger partial charge in [0.25, 0.3) is 0 Å². The van der Waals surface area contributed by atoms with Crippen molar-refractivity contribution in [3.8, 4) is 0 Å². The Morgan fingerprint density at radius 3 is 2.22 bits per heavy atom. The van der Waals surface area contributed by atoms with Crippen molar-refractivity contribution in [2.75, 3.05) is 11.9 Å². The number of aliphatic carboxylic acids is 1. The average molecular weight is 378 g/mol. The SMILES string of the molecule is CN(C(=O)[C@H]1[C@@H](C(=O)O)[C@H]2CC[C@@H]1C21CC1)c1ccc(Br)cc1. The van der Waals surface area contributed by atoms with Gasteiger partial charge in [-0.05, 0) is 67.2 Å². The first kappa shape index (κ1) is 15.2. The predicted molar refractivity (Wildman–Crippen MR) is 90.0 cm³/mol. The maximum Gasteiger partial charge on any atom is 0.307 e. The zero-order valence-electron chi connectivity index (χ0n) is 13.0. The van der Waals surface area contributed by atoms with Gasteiger partial charge in [0.2, 0.25) is 5.91 Å². The number of anilines is 1. The molecule has 1 N–H and O–H groups in total. The molecule has 122 valence electrons. The summed E-state index contributed by atoms with van der Waals surface area (Å²) in [5.74, 6) is -1.20. The van der Waals surface area contributed by atoms with E-state index in [1.54, 1.807) is 11.9 Å². The molecule has 3 aliphatic rings. The highest BCUT2D eigenvalue weighted by atomic mass is 79.9. The molecular weight excluding hydrogens is 358 g/mol. The van der Waals surface area contributed by atoms with E-state index in [-0.39, 0.29) is 29.1 Å². The number of carbonyl (C=O) groups is 2. The highest BCUT2D eigenvalue weighted by Gasteiger charge is 2.72. The van der Waals surface area contributed by atoms with Crippen LogP contribution in [-0.4, -0.2) is 24.0 Å². The number of hydrogen-bond donors (Lipinski definition) is 1. The van der Waals surface area contributed by atoms with E-state index in [0.29, 0.717) is 0 Å². The second-order valence-electron chi connectivity index (χ2n) is 7.29. The lowest BCUT2D eigenvalue weighted by Crippen LogP contribution is -2.42. The van der Waals surface area contributed by atoms with Gasteiger partial charge in [0.05, 0.1) is 11.8 Å². The lowest BCUT2D eigenvalue weighted by Gasteiger charge is -2.30. The predicted octanol–water partition coefficient (Wildman–Crippen LogP) is 3.55. The second-order valence-corrected chi connectivity index (χ2v) is 8.20. The van der Waals surface area contributed by atoms with Crippen LogP contribution >= 0.6 is 15.9 Å². The van der Waals surface area contributed by atoms with E-state index in [4.69, 9.17) is 0 Å². The number of carbonyl (C=O) groups excluding carboxylic acids is 1. The molecule has 4 nitrogen and oxygen atoms in total. The number of nitrogens with zero attached hydrogens (tertiary/aromatic N) is 1. The summed E-state index contributed by atoms with van der Waals surface area (Å²) in [6.07, 6.45) is 4.21. The number of carboxylic acid groups (broad SMARTS) is 1. The third-order valence-corrected chi connectivity index (χ3v) is 6.99. The number of carboxylic acids is 1. The summed E-state index contributed by atoms with van der Waals surface area (Å²) >= 11 is 3.40. The lowest BCUT2D eigenvalue weighted by molar-refractivity contribution is -0.148. The second kappa shape index (κ2) is 5.07. The highest BCUT2D eigenvalue weighted by Crippen LogP contribution is 2.74. The first-order valence-electron chi connectivity index (χ1n) is 8.21. The van der Waals surface area contributed by atoms with Crippen LogP contribution in [-0.2, 0) is 9.59 Å². The fraction of sp³-hybridized carbons (Fsp3) is 0.556. The fourth-order valence-electron chi connectivity index (χ4n) is 5.34. The molecule has 0 radical (unpaired) electrons.